The van der Waals surface area contributed by atoms with E-state index in [1.807, 2.05) is 30.3 Å². The topological polar surface area (TPSA) is 72.6 Å². The van der Waals surface area contributed by atoms with Crippen LogP contribution in [0.25, 0.3) is 0 Å². The number of carbonyl (C=O) groups is 2. The smallest absolute Gasteiger partial charge is 0.396 e. The molecule has 2 atom stereocenters. The lowest BCUT2D eigenvalue weighted by atomic mass is 9.86. The van der Waals surface area contributed by atoms with Gasteiger partial charge >= 0.3 is 11.9 Å². The Morgan fingerprint density at radius 1 is 1.32 bits per heavy atom. The Labute approximate surface area is 112 Å². The summed E-state index contributed by atoms with van der Waals surface area (Å²) >= 11 is 0. The minimum absolute atomic E-state index is 0.162. The number of ether oxygens (including phenoxy) is 1. The number of hydrogen-bond donors (Lipinski definition) is 1. The van der Waals surface area contributed by atoms with Gasteiger partial charge in [-0.3, -0.25) is 4.79 Å². The molecular weight excluding hydrogens is 244 g/mol. The van der Waals surface area contributed by atoms with Crippen molar-refractivity contribution < 1.29 is 14.3 Å². The summed E-state index contributed by atoms with van der Waals surface area (Å²) in [7, 11) is 1.21. The molecule has 1 aromatic rings. The molecule has 0 bridgehead atoms. The van der Waals surface area contributed by atoms with E-state index in [9.17, 15) is 9.59 Å². The molecule has 0 aromatic heterocycles. The summed E-state index contributed by atoms with van der Waals surface area (Å²) in [5, 5.41) is 0. The molecule has 1 saturated heterocycles. The SMILES string of the molecule is COC(=O)C(=O)N1CCC(c2ccccc2)C(N)C1. The molecule has 5 nitrogen and oxygen atoms in total. The number of hydrogen-bond acceptors (Lipinski definition) is 4. The Hall–Kier alpha value is -1.88. The standard InChI is InChI=1S/C14H18N2O3/c1-19-14(18)13(17)16-8-7-11(12(15)9-16)10-5-3-2-4-6-10/h2-6,11-12H,7-9,15H2,1H3. The number of esters is 1. The summed E-state index contributed by atoms with van der Waals surface area (Å²) in [4.78, 5) is 24.4. The van der Waals surface area contributed by atoms with Gasteiger partial charge in [0.15, 0.2) is 0 Å². The van der Waals surface area contributed by atoms with Crippen LogP contribution < -0.4 is 5.73 Å². The first-order valence-corrected chi connectivity index (χ1v) is 6.31. The molecule has 102 valence electrons. The average molecular weight is 262 g/mol. The zero-order valence-electron chi connectivity index (χ0n) is 10.9. The number of nitrogens with zero attached hydrogens (tertiary/aromatic N) is 1. The van der Waals surface area contributed by atoms with E-state index in [1.165, 1.54) is 17.6 Å². The molecule has 2 N–H and O–H groups in total. The quantitative estimate of drug-likeness (QED) is 0.591. The average Bonchev–Trinajstić information content (AvgIpc) is 2.46. The molecule has 1 fully saturated rings. The van der Waals surface area contributed by atoms with E-state index >= 15 is 0 Å². The fraction of sp³-hybridized carbons (Fsp3) is 0.429. The third kappa shape index (κ3) is 2.93. The summed E-state index contributed by atoms with van der Waals surface area (Å²) in [6, 6.07) is 9.85. The zero-order valence-corrected chi connectivity index (χ0v) is 10.9. The number of carbonyl (C=O) groups excluding carboxylic acids is 2. The van der Waals surface area contributed by atoms with Crippen LogP contribution in [0.4, 0.5) is 0 Å². The molecule has 1 aliphatic heterocycles. The van der Waals surface area contributed by atoms with Gasteiger partial charge in [-0.2, -0.15) is 0 Å². The first-order valence-electron chi connectivity index (χ1n) is 6.31. The Kier molecular flexibility index (Phi) is 4.16. The zero-order chi connectivity index (χ0) is 13.8. The molecule has 0 spiro atoms. The maximum Gasteiger partial charge on any atom is 0.396 e. The van der Waals surface area contributed by atoms with Crippen LogP contribution in [-0.2, 0) is 14.3 Å². The third-order valence-corrected chi connectivity index (χ3v) is 3.53. The van der Waals surface area contributed by atoms with E-state index < -0.39 is 11.9 Å². The van der Waals surface area contributed by atoms with Gasteiger partial charge in [0, 0.05) is 25.0 Å². The van der Waals surface area contributed by atoms with Gasteiger partial charge in [-0.15, -0.1) is 0 Å². The first-order chi connectivity index (χ1) is 9.13. The highest BCUT2D eigenvalue weighted by Gasteiger charge is 2.32. The van der Waals surface area contributed by atoms with Crippen molar-refractivity contribution in [2.24, 2.45) is 5.73 Å². The van der Waals surface area contributed by atoms with Crippen LogP contribution in [-0.4, -0.2) is 43.0 Å². The monoisotopic (exact) mass is 262 g/mol. The van der Waals surface area contributed by atoms with Crippen LogP contribution in [0, 0.1) is 0 Å². The van der Waals surface area contributed by atoms with E-state index in [-0.39, 0.29) is 12.0 Å². The van der Waals surface area contributed by atoms with Crippen LogP contribution in [0.1, 0.15) is 17.9 Å². The molecule has 1 aliphatic rings. The molecule has 1 heterocycles. The van der Waals surface area contributed by atoms with Gasteiger partial charge in [0.2, 0.25) is 0 Å². The number of nitrogens with two attached hydrogens (primary N) is 1. The number of benzene rings is 1. The molecule has 1 amide bonds. The molecule has 0 aliphatic carbocycles. The van der Waals surface area contributed by atoms with Crippen molar-refractivity contribution in [1.29, 1.82) is 0 Å². The maximum absolute atomic E-state index is 11.7. The van der Waals surface area contributed by atoms with Crippen molar-refractivity contribution in [3.05, 3.63) is 35.9 Å². The molecule has 2 rings (SSSR count). The lowest BCUT2D eigenvalue weighted by Crippen LogP contribution is -2.51. The number of likely N-dealkylation sites (tertiary alicyclic amines) is 1. The van der Waals surface area contributed by atoms with Gasteiger partial charge < -0.3 is 15.4 Å². The van der Waals surface area contributed by atoms with Gasteiger partial charge in [0.25, 0.3) is 0 Å². The third-order valence-electron chi connectivity index (χ3n) is 3.53. The summed E-state index contributed by atoms with van der Waals surface area (Å²) in [5.74, 6) is -1.21. The van der Waals surface area contributed by atoms with Crippen LogP contribution in [0.15, 0.2) is 30.3 Å². The minimum Gasteiger partial charge on any atom is -0.462 e. The van der Waals surface area contributed by atoms with Crippen LogP contribution in [0.2, 0.25) is 0 Å². The van der Waals surface area contributed by atoms with Gasteiger partial charge in [-0.1, -0.05) is 30.3 Å². The van der Waals surface area contributed by atoms with E-state index in [4.69, 9.17) is 5.73 Å². The maximum atomic E-state index is 11.7. The van der Waals surface area contributed by atoms with Gasteiger partial charge in [-0.25, -0.2) is 4.79 Å². The van der Waals surface area contributed by atoms with Crippen molar-refractivity contribution >= 4 is 11.9 Å². The fourth-order valence-electron chi connectivity index (χ4n) is 2.50. The highest BCUT2D eigenvalue weighted by atomic mass is 16.5. The summed E-state index contributed by atoms with van der Waals surface area (Å²) in [5.41, 5.74) is 7.32. The van der Waals surface area contributed by atoms with Gasteiger partial charge in [0.1, 0.15) is 0 Å². The van der Waals surface area contributed by atoms with E-state index in [0.717, 1.165) is 6.42 Å². The van der Waals surface area contributed by atoms with Crippen molar-refractivity contribution in [2.75, 3.05) is 20.2 Å². The Morgan fingerprint density at radius 3 is 2.58 bits per heavy atom. The van der Waals surface area contributed by atoms with Crippen LogP contribution >= 0.6 is 0 Å². The molecule has 2 unspecified atom stereocenters. The fourth-order valence-corrected chi connectivity index (χ4v) is 2.50. The number of methoxy groups -OCH3 is 1. The predicted octanol–water partition coefficient (Wildman–Crippen LogP) is 0.503. The molecule has 19 heavy (non-hydrogen) atoms. The van der Waals surface area contributed by atoms with Crippen LogP contribution in [0.3, 0.4) is 0 Å². The van der Waals surface area contributed by atoms with Gasteiger partial charge in [-0.05, 0) is 12.0 Å². The number of rotatable bonds is 1. The van der Waals surface area contributed by atoms with Crippen molar-refractivity contribution in [3.8, 4) is 0 Å². The van der Waals surface area contributed by atoms with Crippen molar-refractivity contribution in [3.63, 3.8) is 0 Å². The molecule has 0 saturated carbocycles. The van der Waals surface area contributed by atoms with Crippen LogP contribution in [0.5, 0.6) is 0 Å². The van der Waals surface area contributed by atoms with Crippen molar-refractivity contribution in [1.82, 2.24) is 4.90 Å². The minimum atomic E-state index is -0.828. The number of amides is 1. The van der Waals surface area contributed by atoms with E-state index in [0.29, 0.717) is 13.1 Å². The Bertz CT molecular complexity index is 461. The Balaban J connectivity index is 2.03. The Morgan fingerprint density at radius 2 is 2.00 bits per heavy atom. The van der Waals surface area contributed by atoms with Crippen molar-refractivity contribution in [2.45, 2.75) is 18.4 Å². The van der Waals surface area contributed by atoms with E-state index in [2.05, 4.69) is 4.74 Å². The number of piperidine rings is 1. The summed E-state index contributed by atoms with van der Waals surface area (Å²) in [6.07, 6.45) is 0.758. The lowest BCUT2D eigenvalue weighted by molar-refractivity contribution is -0.158. The highest BCUT2D eigenvalue weighted by Crippen LogP contribution is 2.27. The second kappa shape index (κ2) is 5.84. The molecule has 1 aromatic carbocycles. The largest absolute Gasteiger partial charge is 0.462 e. The first kappa shape index (κ1) is 13.5. The summed E-state index contributed by atoms with van der Waals surface area (Å²) < 4.78 is 4.44. The molecular formula is C14H18N2O3. The predicted molar refractivity (Wildman–Crippen MR) is 70.4 cm³/mol. The van der Waals surface area contributed by atoms with E-state index in [1.54, 1.807) is 0 Å². The molecule has 5 heteroatoms. The normalized spacial score (nSPS) is 22.9. The highest BCUT2D eigenvalue weighted by molar-refractivity contribution is 6.32. The molecule has 0 radical (unpaired) electrons. The lowest BCUT2D eigenvalue weighted by Gasteiger charge is -2.36. The second-order valence-electron chi connectivity index (χ2n) is 4.71. The van der Waals surface area contributed by atoms with Gasteiger partial charge in [0.05, 0.1) is 7.11 Å². The second-order valence-corrected chi connectivity index (χ2v) is 4.71. The summed E-state index contributed by atoms with van der Waals surface area (Å²) in [6.45, 7) is 0.911.